The highest BCUT2D eigenvalue weighted by molar-refractivity contribution is 6.18. The summed E-state index contributed by atoms with van der Waals surface area (Å²) in [5.74, 6) is 5.35. The molecule has 200 valence electrons. The Kier molecular flexibility index (Phi) is 8.55. The number of halogens is 4. The van der Waals surface area contributed by atoms with Crippen molar-refractivity contribution in [1.82, 2.24) is 20.7 Å². The van der Waals surface area contributed by atoms with Crippen LogP contribution in [-0.2, 0) is 22.4 Å². The van der Waals surface area contributed by atoms with Gasteiger partial charge in [-0.15, -0.1) is 11.6 Å². The smallest absolute Gasteiger partial charge is 0.419 e. The molecule has 2 aliphatic rings. The van der Waals surface area contributed by atoms with Gasteiger partial charge in [-0.1, -0.05) is 36.4 Å². The molecule has 4 N–H and O–H groups in total. The molecule has 2 aromatic rings. The van der Waals surface area contributed by atoms with Crippen LogP contribution in [0, 0.1) is 0 Å². The number of rotatable bonds is 9. The third-order valence-electron chi connectivity index (χ3n) is 6.14. The molecule has 0 saturated carbocycles. The quantitative estimate of drug-likeness (QED) is 0.194. The van der Waals surface area contributed by atoms with Crippen molar-refractivity contribution in [3.8, 4) is 5.75 Å². The molecule has 0 spiro atoms. The molecule has 1 fully saturated rings. The summed E-state index contributed by atoms with van der Waals surface area (Å²) in [7, 11) is 0. The number of piperazine rings is 1. The summed E-state index contributed by atoms with van der Waals surface area (Å²) in [6.07, 6.45) is -4.49. The van der Waals surface area contributed by atoms with Crippen molar-refractivity contribution >= 4 is 23.3 Å². The number of nitrogens with two attached hydrogens (primary N) is 1. The molecule has 1 amide bonds. The molecule has 1 unspecified atom stereocenters. The van der Waals surface area contributed by atoms with E-state index in [2.05, 4.69) is 15.8 Å². The van der Waals surface area contributed by atoms with Gasteiger partial charge in [0.1, 0.15) is 12.4 Å². The summed E-state index contributed by atoms with van der Waals surface area (Å²) >= 11 is 6.25. The lowest BCUT2D eigenvalue weighted by Gasteiger charge is -2.37. The maximum absolute atomic E-state index is 13.2. The first-order valence-corrected chi connectivity index (χ1v) is 12.2. The summed E-state index contributed by atoms with van der Waals surface area (Å²) in [5.41, 5.74) is 4.64. The molecule has 1 saturated heterocycles. The minimum absolute atomic E-state index is 0.0195. The van der Waals surface area contributed by atoms with E-state index in [0.29, 0.717) is 31.0 Å². The van der Waals surface area contributed by atoms with Gasteiger partial charge in [-0.2, -0.15) is 13.2 Å². The largest absolute Gasteiger partial charge is 0.488 e. The van der Waals surface area contributed by atoms with Gasteiger partial charge >= 0.3 is 6.18 Å². The number of carbonyl (C=O) groups is 1. The van der Waals surface area contributed by atoms with E-state index in [-0.39, 0.29) is 30.7 Å². The number of hydroxylamine groups is 1. The SMILES string of the molecule is NNC(=O)CN1CCN(CC2(CCl)N=C(c3ccc(COc4ccccc4C(F)(F)F)cc3)NO2)CC1. The van der Waals surface area contributed by atoms with Gasteiger partial charge in [-0.3, -0.25) is 20.0 Å². The third-order valence-corrected chi connectivity index (χ3v) is 6.56. The summed E-state index contributed by atoms with van der Waals surface area (Å²) in [6.45, 7) is 3.54. The Morgan fingerprint density at radius 1 is 1.14 bits per heavy atom. The van der Waals surface area contributed by atoms with E-state index in [1.165, 1.54) is 18.2 Å². The fourth-order valence-electron chi connectivity index (χ4n) is 4.13. The fraction of sp³-hybridized carbons (Fsp3) is 0.417. The van der Waals surface area contributed by atoms with Crippen LogP contribution in [0.2, 0.25) is 0 Å². The van der Waals surface area contributed by atoms with E-state index in [1.807, 2.05) is 4.90 Å². The summed E-state index contributed by atoms with van der Waals surface area (Å²) in [6, 6.07) is 12.2. The van der Waals surface area contributed by atoms with Crippen LogP contribution in [0.4, 0.5) is 13.2 Å². The van der Waals surface area contributed by atoms with Gasteiger partial charge in [0.25, 0.3) is 0 Å². The molecule has 9 nitrogen and oxygen atoms in total. The second-order valence-electron chi connectivity index (χ2n) is 8.84. The number of nitrogens with one attached hydrogen (secondary N) is 2. The standard InChI is InChI=1S/C24H28ClF3N6O3/c25-15-23(16-34-11-9-33(10-12-34)13-21(35)31-29)30-22(32-37-23)18-7-5-17(6-8-18)14-36-20-4-2-1-3-19(20)24(26,27)28/h1-8H,9-16,29H2,(H,30,32)(H,31,35). The van der Waals surface area contributed by atoms with Gasteiger partial charge in [-0.25, -0.2) is 21.2 Å². The van der Waals surface area contributed by atoms with E-state index < -0.39 is 17.5 Å². The van der Waals surface area contributed by atoms with Gasteiger partial charge in [-0.05, 0) is 17.7 Å². The molecular weight excluding hydrogens is 513 g/mol. The lowest BCUT2D eigenvalue weighted by atomic mass is 10.1. The molecule has 4 rings (SSSR count). The number of amides is 1. The van der Waals surface area contributed by atoms with Crippen molar-refractivity contribution in [3.05, 3.63) is 65.2 Å². The summed E-state index contributed by atoms with van der Waals surface area (Å²) in [5, 5.41) is 0. The number of carbonyl (C=O) groups excluding carboxylic acids is 1. The van der Waals surface area contributed by atoms with Crippen molar-refractivity contribution in [3.63, 3.8) is 0 Å². The van der Waals surface area contributed by atoms with E-state index in [4.69, 9.17) is 32.0 Å². The van der Waals surface area contributed by atoms with Gasteiger partial charge in [0.15, 0.2) is 5.84 Å². The molecule has 0 radical (unpaired) electrons. The van der Waals surface area contributed by atoms with Crippen LogP contribution in [0.3, 0.4) is 0 Å². The zero-order valence-electron chi connectivity index (χ0n) is 19.9. The predicted molar refractivity (Wildman–Crippen MR) is 132 cm³/mol. The first kappa shape index (κ1) is 27.1. The van der Waals surface area contributed by atoms with Crippen molar-refractivity contribution < 1.29 is 27.5 Å². The molecule has 0 aliphatic carbocycles. The van der Waals surface area contributed by atoms with Crippen molar-refractivity contribution in [2.24, 2.45) is 10.8 Å². The molecule has 2 heterocycles. The maximum Gasteiger partial charge on any atom is 0.419 e. The summed E-state index contributed by atoms with van der Waals surface area (Å²) in [4.78, 5) is 26.2. The van der Waals surface area contributed by atoms with Crippen LogP contribution >= 0.6 is 11.6 Å². The number of para-hydroxylation sites is 1. The maximum atomic E-state index is 13.2. The van der Waals surface area contributed by atoms with E-state index in [9.17, 15) is 18.0 Å². The van der Waals surface area contributed by atoms with E-state index >= 15 is 0 Å². The number of hydrazine groups is 1. The molecule has 37 heavy (non-hydrogen) atoms. The number of hydrogen-bond donors (Lipinski definition) is 3. The average Bonchev–Trinajstić information content (AvgIpc) is 3.33. The van der Waals surface area contributed by atoms with Crippen LogP contribution < -0.4 is 21.5 Å². The Labute approximate surface area is 217 Å². The number of aliphatic imine (C=N–C) groups is 1. The zero-order chi connectivity index (χ0) is 26.5. The summed E-state index contributed by atoms with van der Waals surface area (Å²) < 4.78 is 45.0. The predicted octanol–water partition coefficient (Wildman–Crippen LogP) is 2.11. The topological polar surface area (TPSA) is 104 Å². The monoisotopic (exact) mass is 540 g/mol. The van der Waals surface area contributed by atoms with Gasteiger partial charge in [0, 0.05) is 31.7 Å². The highest BCUT2D eigenvalue weighted by Crippen LogP contribution is 2.36. The zero-order valence-corrected chi connectivity index (χ0v) is 20.7. The number of alkyl halides is 4. The Morgan fingerprint density at radius 3 is 2.46 bits per heavy atom. The van der Waals surface area contributed by atoms with Gasteiger partial charge in [0.05, 0.1) is 24.5 Å². The number of amidine groups is 1. The average molecular weight is 541 g/mol. The highest BCUT2D eigenvalue weighted by Gasteiger charge is 2.39. The molecule has 2 aromatic carbocycles. The molecule has 0 aromatic heterocycles. The molecule has 1 atom stereocenters. The molecule has 13 heteroatoms. The van der Waals surface area contributed by atoms with Crippen LogP contribution in [0.25, 0.3) is 0 Å². The van der Waals surface area contributed by atoms with Crippen molar-refractivity contribution in [1.29, 1.82) is 0 Å². The molecule has 2 aliphatic heterocycles. The van der Waals surface area contributed by atoms with Crippen molar-refractivity contribution in [2.75, 3.05) is 45.1 Å². The van der Waals surface area contributed by atoms with E-state index in [0.717, 1.165) is 24.7 Å². The lowest BCUT2D eigenvalue weighted by Crippen LogP contribution is -2.54. The minimum atomic E-state index is -4.49. The van der Waals surface area contributed by atoms with Crippen LogP contribution in [0.5, 0.6) is 5.75 Å². The van der Waals surface area contributed by atoms with Crippen LogP contribution in [0.1, 0.15) is 16.7 Å². The van der Waals surface area contributed by atoms with Gasteiger partial charge in [0.2, 0.25) is 11.6 Å². The normalized spacial score (nSPS) is 20.8. The Morgan fingerprint density at radius 2 is 1.81 bits per heavy atom. The van der Waals surface area contributed by atoms with Crippen LogP contribution in [0.15, 0.2) is 53.5 Å². The number of nitrogens with zero attached hydrogens (tertiary/aromatic N) is 3. The Hall–Kier alpha value is -2.90. The second-order valence-corrected chi connectivity index (χ2v) is 9.11. The van der Waals surface area contributed by atoms with Crippen LogP contribution in [-0.4, -0.2) is 72.4 Å². The fourth-order valence-corrected chi connectivity index (χ4v) is 4.33. The van der Waals surface area contributed by atoms with E-state index in [1.54, 1.807) is 24.3 Å². The van der Waals surface area contributed by atoms with Gasteiger partial charge < -0.3 is 4.74 Å². The Balaban J connectivity index is 1.35. The minimum Gasteiger partial charge on any atom is -0.488 e. The molecular formula is C24H28ClF3N6O3. The molecule has 0 bridgehead atoms. The highest BCUT2D eigenvalue weighted by atomic mass is 35.5. The van der Waals surface area contributed by atoms with Crippen molar-refractivity contribution in [2.45, 2.75) is 18.5 Å². The number of ether oxygens (including phenoxy) is 1. The first-order chi connectivity index (χ1) is 17.7. The number of benzene rings is 2. The Bertz CT molecular complexity index is 1110. The number of hydrogen-bond acceptors (Lipinski definition) is 8. The lowest BCUT2D eigenvalue weighted by molar-refractivity contribution is -0.139. The second kappa shape index (κ2) is 11.7. The third kappa shape index (κ3) is 6.90. The first-order valence-electron chi connectivity index (χ1n) is 11.6.